The Labute approximate surface area is 213 Å². The van der Waals surface area contributed by atoms with Crippen molar-refractivity contribution in [1.82, 2.24) is 10.2 Å². The van der Waals surface area contributed by atoms with Crippen molar-refractivity contribution in [3.63, 3.8) is 0 Å². The Hall–Kier alpha value is -3.67. The molecule has 0 unspecified atom stereocenters. The van der Waals surface area contributed by atoms with Crippen LogP contribution >= 0.6 is 0 Å². The molecule has 0 heterocycles. The summed E-state index contributed by atoms with van der Waals surface area (Å²) in [5.41, 5.74) is 2.68. The van der Waals surface area contributed by atoms with Crippen LogP contribution < -0.4 is 10.1 Å². The molecule has 1 atom stereocenters. The van der Waals surface area contributed by atoms with E-state index in [9.17, 15) is 14.0 Å². The molecule has 0 aliphatic carbocycles. The maximum absolute atomic E-state index is 13.6. The third kappa shape index (κ3) is 7.67. The van der Waals surface area contributed by atoms with Gasteiger partial charge in [-0.3, -0.25) is 9.59 Å². The van der Waals surface area contributed by atoms with Gasteiger partial charge in [-0.05, 0) is 47.2 Å². The van der Waals surface area contributed by atoms with Crippen molar-refractivity contribution in [3.05, 3.63) is 101 Å². The average Bonchev–Trinajstić information content (AvgIpc) is 2.89. The molecule has 0 saturated heterocycles. The molecule has 3 rings (SSSR count). The van der Waals surface area contributed by atoms with Gasteiger partial charge >= 0.3 is 0 Å². The van der Waals surface area contributed by atoms with Crippen molar-refractivity contribution in [3.8, 4) is 5.75 Å². The lowest BCUT2D eigenvalue weighted by molar-refractivity contribution is -0.142. The minimum atomic E-state index is -0.750. The number of nitrogens with zero attached hydrogens (tertiary/aromatic N) is 1. The van der Waals surface area contributed by atoms with Gasteiger partial charge < -0.3 is 15.0 Å². The summed E-state index contributed by atoms with van der Waals surface area (Å²) in [5, 5.41) is 2.95. The molecular formula is C30H35FN2O3. The van der Waals surface area contributed by atoms with Crippen LogP contribution in [0.2, 0.25) is 0 Å². The average molecular weight is 491 g/mol. The minimum Gasteiger partial charge on any atom is -0.483 e. The van der Waals surface area contributed by atoms with Gasteiger partial charge in [-0.2, -0.15) is 0 Å². The zero-order valence-electron chi connectivity index (χ0n) is 21.2. The van der Waals surface area contributed by atoms with E-state index in [-0.39, 0.29) is 36.7 Å². The van der Waals surface area contributed by atoms with Gasteiger partial charge in [-0.25, -0.2) is 4.39 Å². The van der Waals surface area contributed by atoms with Crippen molar-refractivity contribution < 1.29 is 18.7 Å². The highest BCUT2D eigenvalue weighted by molar-refractivity contribution is 5.88. The predicted octanol–water partition coefficient (Wildman–Crippen LogP) is 5.49. The van der Waals surface area contributed by atoms with E-state index in [4.69, 9.17) is 4.74 Å². The largest absolute Gasteiger partial charge is 0.483 e. The van der Waals surface area contributed by atoms with Gasteiger partial charge in [0, 0.05) is 19.5 Å². The van der Waals surface area contributed by atoms with E-state index < -0.39 is 6.04 Å². The third-order valence-corrected chi connectivity index (χ3v) is 5.98. The molecular weight excluding hydrogens is 455 g/mol. The van der Waals surface area contributed by atoms with Gasteiger partial charge in [0.15, 0.2) is 6.61 Å². The second kappa shape index (κ2) is 13.4. The molecule has 190 valence electrons. The first kappa shape index (κ1) is 26.9. The van der Waals surface area contributed by atoms with E-state index in [0.717, 1.165) is 23.1 Å². The predicted molar refractivity (Wildman–Crippen MR) is 140 cm³/mol. The molecule has 0 aliphatic rings. The van der Waals surface area contributed by atoms with E-state index in [2.05, 4.69) is 19.2 Å². The lowest BCUT2D eigenvalue weighted by Crippen LogP contribution is -2.51. The normalized spacial score (nSPS) is 11.7. The van der Waals surface area contributed by atoms with Crippen LogP contribution in [-0.2, 0) is 22.6 Å². The molecule has 0 aliphatic heterocycles. The van der Waals surface area contributed by atoms with Gasteiger partial charge in [-0.15, -0.1) is 0 Å². The first-order valence-corrected chi connectivity index (χ1v) is 12.5. The smallest absolute Gasteiger partial charge is 0.261 e. The van der Waals surface area contributed by atoms with E-state index in [1.807, 2.05) is 61.5 Å². The highest BCUT2D eigenvalue weighted by atomic mass is 19.1. The van der Waals surface area contributed by atoms with Crippen molar-refractivity contribution in [2.45, 2.75) is 52.1 Å². The van der Waals surface area contributed by atoms with Crippen LogP contribution in [0.25, 0.3) is 0 Å². The summed E-state index contributed by atoms with van der Waals surface area (Å²) in [5.74, 6) is -0.00844. The van der Waals surface area contributed by atoms with E-state index in [1.54, 1.807) is 17.0 Å². The minimum absolute atomic E-state index is 0.158. The Balaban J connectivity index is 1.90. The fourth-order valence-electron chi connectivity index (χ4n) is 4.02. The van der Waals surface area contributed by atoms with Gasteiger partial charge in [0.2, 0.25) is 5.91 Å². The van der Waals surface area contributed by atoms with Gasteiger partial charge in [0.1, 0.15) is 17.6 Å². The number of halogens is 1. The Bertz CT molecular complexity index is 1120. The molecule has 3 aromatic carbocycles. The fraction of sp³-hybridized carbons (Fsp3) is 0.333. The first-order chi connectivity index (χ1) is 17.4. The summed E-state index contributed by atoms with van der Waals surface area (Å²) in [6.07, 6.45) is 1.14. The van der Waals surface area contributed by atoms with Gasteiger partial charge in [0.25, 0.3) is 5.91 Å². The number of carbonyl (C=O) groups excluding carboxylic acids is 2. The molecule has 0 spiro atoms. The zero-order valence-corrected chi connectivity index (χ0v) is 21.2. The first-order valence-electron chi connectivity index (χ1n) is 12.5. The number of ether oxygens (including phenoxy) is 1. The van der Waals surface area contributed by atoms with E-state index in [0.29, 0.717) is 18.7 Å². The van der Waals surface area contributed by atoms with E-state index in [1.165, 1.54) is 12.1 Å². The number of benzene rings is 3. The summed E-state index contributed by atoms with van der Waals surface area (Å²) < 4.78 is 19.5. The lowest BCUT2D eigenvalue weighted by Gasteiger charge is -2.31. The van der Waals surface area contributed by atoms with Crippen LogP contribution in [0, 0.1) is 5.82 Å². The molecule has 3 aromatic rings. The molecule has 0 aromatic heterocycles. The highest BCUT2D eigenvalue weighted by Gasteiger charge is 2.30. The quantitative estimate of drug-likeness (QED) is 0.365. The van der Waals surface area contributed by atoms with E-state index >= 15 is 0 Å². The second-order valence-electron chi connectivity index (χ2n) is 9.13. The summed E-state index contributed by atoms with van der Waals surface area (Å²) in [6.45, 7) is 6.58. The number of amides is 2. The van der Waals surface area contributed by atoms with Crippen LogP contribution in [0.1, 0.15) is 49.8 Å². The Morgan fingerprint density at radius 1 is 0.917 bits per heavy atom. The van der Waals surface area contributed by atoms with Crippen LogP contribution in [0.5, 0.6) is 5.75 Å². The maximum atomic E-state index is 13.6. The van der Waals surface area contributed by atoms with Crippen LogP contribution in [0.4, 0.5) is 4.39 Å². The molecule has 2 amide bonds. The molecule has 6 heteroatoms. The number of hydrogen-bond acceptors (Lipinski definition) is 3. The lowest BCUT2D eigenvalue weighted by atomic mass is 10.0. The second-order valence-corrected chi connectivity index (χ2v) is 9.13. The summed E-state index contributed by atoms with van der Waals surface area (Å²) >= 11 is 0. The zero-order chi connectivity index (χ0) is 25.9. The fourth-order valence-corrected chi connectivity index (χ4v) is 4.02. The molecule has 0 bridgehead atoms. The SMILES string of the molecule is CCCNC(=O)[C@H](Cc1ccccc1)N(Cc1ccc(F)cc1)C(=O)COc1ccccc1C(C)C. The van der Waals surface area contributed by atoms with Crippen molar-refractivity contribution in [2.24, 2.45) is 0 Å². The van der Waals surface area contributed by atoms with Crippen LogP contribution in [0.15, 0.2) is 78.9 Å². The molecule has 36 heavy (non-hydrogen) atoms. The van der Waals surface area contributed by atoms with Crippen molar-refractivity contribution in [2.75, 3.05) is 13.2 Å². The van der Waals surface area contributed by atoms with Crippen LogP contribution in [0.3, 0.4) is 0 Å². The van der Waals surface area contributed by atoms with Crippen molar-refractivity contribution in [1.29, 1.82) is 0 Å². The number of carbonyl (C=O) groups is 2. The number of para-hydroxylation sites is 1. The monoisotopic (exact) mass is 490 g/mol. The Kier molecular flexibility index (Phi) is 10.0. The standard InChI is InChI=1S/C30H35FN2O3/c1-4-18-32-30(35)27(19-23-10-6-5-7-11-23)33(20-24-14-16-25(31)17-15-24)29(34)21-36-28-13-9-8-12-26(28)22(2)3/h5-17,22,27H,4,18-21H2,1-3H3,(H,32,35)/t27-/m0/s1. The van der Waals surface area contributed by atoms with Gasteiger partial charge in [-0.1, -0.05) is 81.4 Å². The van der Waals surface area contributed by atoms with Gasteiger partial charge in [0.05, 0.1) is 0 Å². The topological polar surface area (TPSA) is 58.6 Å². The number of hydrogen-bond donors (Lipinski definition) is 1. The summed E-state index contributed by atoms with van der Waals surface area (Å²) in [6, 6.07) is 22.5. The highest BCUT2D eigenvalue weighted by Crippen LogP contribution is 2.26. The Morgan fingerprint density at radius 2 is 1.58 bits per heavy atom. The molecule has 5 nitrogen and oxygen atoms in total. The summed E-state index contributed by atoms with van der Waals surface area (Å²) in [7, 11) is 0. The number of nitrogens with one attached hydrogen (secondary N) is 1. The molecule has 0 radical (unpaired) electrons. The molecule has 1 N–H and O–H groups in total. The molecule has 0 saturated carbocycles. The third-order valence-electron chi connectivity index (χ3n) is 5.98. The molecule has 0 fully saturated rings. The summed E-state index contributed by atoms with van der Waals surface area (Å²) in [4.78, 5) is 28.5. The van der Waals surface area contributed by atoms with Crippen molar-refractivity contribution >= 4 is 11.8 Å². The maximum Gasteiger partial charge on any atom is 0.261 e. The van der Waals surface area contributed by atoms with Crippen LogP contribution in [-0.4, -0.2) is 35.9 Å². The number of rotatable bonds is 12. The Morgan fingerprint density at radius 3 is 2.25 bits per heavy atom.